The van der Waals surface area contributed by atoms with Gasteiger partial charge in [-0.25, -0.2) is 4.99 Å². The van der Waals surface area contributed by atoms with E-state index < -0.39 is 0 Å². The zero-order valence-corrected chi connectivity index (χ0v) is 14.3. The Morgan fingerprint density at radius 2 is 1.91 bits per heavy atom. The number of pyridine rings is 1. The molecule has 0 aliphatic carbocycles. The van der Waals surface area contributed by atoms with Crippen LogP contribution in [0.3, 0.4) is 0 Å². The second-order valence-electron chi connectivity index (χ2n) is 5.79. The van der Waals surface area contributed by atoms with Gasteiger partial charge in [-0.3, -0.25) is 4.98 Å². The average molecular weight is 361 g/mol. The van der Waals surface area contributed by atoms with Crippen LogP contribution < -0.4 is 4.74 Å². The number of nitrogens with zero attached hydrogens (tertiary/aromatic N) is 2. The van der Waals surface area contributed by atoms with E-state index in [1.807, 2.05) is 24.3 Å². The van der Waals surface area contributed by atoms with Crippen molar-refractivity contribution in [1.82, 2.24) is 4.98 Å². The van der Waals surface area contributed by atoms with Crippen LogP contribution in [0.15, 0.2) is 46.1 Å². The van der Waals surface area contributed by atoms with E-state index in [9.17, 15) is 0 Å². The number of methoxy groups -OCH3 is 1. The van der Waals surface area contributed by atoms with Crippen LogP contribution in [0.1, 0.15) is 19.4 Å². The SMILES string of the molecule is COc1ccc(-c2c(Br)cncc2C2=NC(C)(C)CO2)cc1. The van der Waals surface area contributed by atoms with E-state index in [4.69, 9.17) is 9.47 Å². The van der Waals surface area contributed by atoms with E-state index in [1.54, 1.807) is 19.5 Å². The molecule has 1 aromatic heterocycles. The number of halogens is 1. The van der Waals surface area contributed by atoms with E-state index in [0.717, 1.165) is 26.9 Å². The Morgan fingerprint density at radius 1 is 1.18 bits per heavy atom. The summed E-state index contributed by atoms with van der Waals surface area (Å²) in [6, 6.07) is 7.91. The Labute approximate surface area is 138 Å². The zero-order valence-electron chi connectivity index (χ0n) is 12.8. The Balaban J connectivity index is 2.11. The van der Waals surface area contributed by atoms with Gasteiger partial charge in [0.2, 0.25) is 5.90 Å². The van der Waals surface area contributed by atoms with E-state index in [1.165, 1.54) is 0 Å². The Kier molecular flexibility index (Phi) is 3.91. The largest absolute Gasteiger partial charge is 0.497 e. The third-order valence-corrected chi connectivity index (χ3v) is 4.08. The maximum Gasteiger partial charge on any atom is 0.219 e. The minimum absolute atomic E-state index is 0.200. The van der Waals surface area contributed by atoms with Crippen LogP contribution in [0.2, 0.25) is 0 Å². The number of aliphatic imine (C=N–C) groups is 1. The van der Waals surface area contributed by atoms with Crippen molar-refractivity contribution in [3.8, 4) is 16.9 Å². The molecule has 114 valence electrons. The third-order valence-electron chi connectivity index (χ3n) is 3.48. The molecule has 22 heavy (non-hydrogen) atoms. The standard InChI is InChI=1S/C17H17BrN2O2/c1-17(2)10-22-16(20-17)13-8-19-9-14(18)15(13)11-4-6-12(21-3)7-5-11/h4-9H,10H2,1-3H3. The number of rotatable bonds is 3. The fourth-order valence-corrected chi connectivity index (χ4v) is 2.93. The molecule has 2 heterocycles. The Hall–Kier alpha value is -1.88. The van der Waals surface area contributed by atoms with Gasteiger partial charge in [-0.05, 0) is 47.5 Å². The topological polar surface area (TPSA) is 43.7 Å². The molecular weight excluding hydrogens is 344 g/mol. The van der Waals surface area contributed by atoms with E-state index >= 15 is 0 Å². The molecule has 0 fully saturated rings. The van der Waals surface area contributed by atoms with Crippen molar-refractivity contribution in [2.24, 2.45) is 4.99 Å². The predicted molar refractivity (Wildman–Crippen MR) is 90.5 cm³/mol. The third kappa shape index (κ3) is 2.86. The van der Waals surface area contributed by atoms with Crippen LogP contribution in [-0.4, -0.2) is 30.1 Å². The molecule has 5 heteroatoms. The Morgan fingerprint density at radius 3 is 2.50 bits per heavy atom. The van der Waals surface area contributed by atoms with Crippen molar-refractivity contribution in [3.05, 3.63) is 46.7 Å². The molecule has 0 atom stereocenters. The highest BCUT2D eigenvalue weighted by Crippen LogP contribution is 2.34. The maximum atomic E-state index is 5.78. The summed E-state index contributed by atoms with van der Waals surface area (Å²) in [4.78, 5) is 8.92. The molecule has 0 bridgehead atoms. The van der Waals surface area contributed by atoms with Gasteiger partial charge >= 0.3 is 0 Å². The Bertz CT molecular complexity index is 724. The summed E-state index contributed by atoms with van der Waals surface area (Å²) in [7, 11) is 1.66. The van der Waals surface area contributed by atoms with Crippen LogP contribution in [0.25, 0.3) is 11.1 Å². The number of aromatic nitrogens is 1. The normalized spacial score (nSPS) is 16.1. The van der Waals surface area contributed by atoms with Crippen molar-refractivity contribution < 1.29 is 9.47 Å². The molecule has 0 unspecified atom stereocenters. The smallest absolute Gasteiger partial charge is 0.219 e. The monoisotopic (exact) mass is 360 g/mol. The molecular formula is C17H17BrN2O2. The first kappa shape index (κ1) is 15.0. The fourth-order valence-electron chi connectivity index (χ4n) is 2.37. The molecule has 4 nitrogen and oxygen atoms in total. The molecule has 0 radical (unpaired) electrons. The van der Waals surface area contributed by atoms with Crippen molar-refractivity contribution in [3.63, 3.8) is 0 Å². The van der Waals surface area contributed by atoms with Crippen molar-refractivity contribution in [2.45, 2.75) is 19.4 Å². The molecule has 3 rings (SSSR count). The van der Waals surface area contributed by atoms with Gasteiger partial charge in [-0.2, -0.15) is 0 Å². The summed E-state index contributed by atoms with van der Waals surface area (Å²) in [5.41, 5.74) is 2.77. The van der Waals surface area contributed by atoms with Crippen molar-refractivity contribution >= 4 is 21.8 Å². The summed E-state index contributed by atoms with van der Waals surface area (Å²) in [5.74, 6) is 1.47. The van der Waals surface area contributed by atoms with Crippen LogP contribution in [-0.2, 0) is 4.74 Å². The highest BCUT2D eigenvalue weighted by Gasteiger charge is 2.29. The first-order chi connectivity index (χ1) is 10.5. The molecule has 0 saturated carbocycles. The highest BCUT2D eigenvalue weighted by molar-refractivity contribution is 9.10. The maximum absolute atomic E-state index is 5.78. The van der Waals surface area contributed by atoms with E-state index in [-0.39, 0.29) is 5.54 Å². The molecule has 0 N–H and O–H groups in total. The average Bonchev–Trinajstić information content (AvgIpc) is 2.87. The quantitative estimate of drug-likeness (QED) is 0.828. The summed E-state index contributed by atoms with van der Waals surface area (Å²) in [6.45, 7) is 4.69. The second-order valence-corrected chi connectivity index (χ2v) is 6.64. The summed E-state index contributed by atoms with van der Waals surface area (Å²) in [6.07, 6.45) is 3.58. The summed E-state index contributed by atoms with van der Waals surface area (Å²) >= 11 is 3.59. The van der Waals surface area contributed by atoms with Gasteiger partial charge in [-0.15, -0.1) is 0 Å². The minimum atomic E-state index is -0.200. The second kappa shape index (κ2) is 5.72. The van der Waals surface area contributed by atoms with Crippen LogP contribution in [0.5, 0.6) is 5.75 Å². The van der Waals surface area contributed by atoms with Gasteiger partial charge in [0.1, 0.15) is 12.4 Å². The molecule has 0 spiro atoms. The molecule has 1 aliphatic heterocycles. The lowest BCUT2D eigenvalue weighted by atomic mass is 10.0. The number of hydrogen-bond acceptors (Lipinski definition) is 4. The van der Waals surface area contributed by atoms with Crippen molar-refractivity contribution in [2.75, 3.05) is 13.7 Å². The van der Waals surface area contributed by atoms with Gasteiger partial charge in [0.15, 0.2) is 0 Å². The van der Waals surface area contributed by atoms with E-state index in [2.05, 4.69) is 39.8 Å². The first-order valence-electron chi connectivity index (χ1n) is 7.01. The van der Waals surface area contributed by atoms with Crippen molar-refractivity contribution in [1.29, 1.82) is 0 Å². The fraction of sp³-hybridized carbons (Fsp3) is 0.294. The van der Waals surface area contributed by atoms with Gasteiger partial charge < -0.3 is 9.47 Å². The number of ether oxygens (including phenoxy) is 2. The predicted octanol–water partition coefficient (Wildman–Crippen LogP) is 4.08. The molecule has 1 aliphatic rings. The number of hydrogen-bond donors (Lipinski definition) is 0. The number of benzene rings is 1. The highest BCUT2D eigenvalue weighted by atomic mass is 79.9. The molecule has 0 amide bonds. The zero-order chi connectivity index (χ0) is 15.7. The first-order valence-corrected chi connectivity index (χ1v) is 7.80. The van der Waals surface area contributed by atoms with Gasteiger partial charge in [0.25, 0.3) is 0 Å². The van der Waals surface area contributed by atoms with E-state index in [0.29, 0.717) is 12.5 Å². The lowest BCUT2D eigenvalue weighted by molar-refractivity contribution is 0.279. The molecule has 1 aromatic carbocycles. The lowest BCUT2D eigenvalue weighted by Gasteiger charge is -2.11. The summed E-state index contributed by atoms with van der Waals surface area (Å²) in [5, 5.41) is 0. The van der Waals surface area contributed by atoms with Crippen LogP contribution in [0, 0.1) is 0 Å². The van der Waals surface area contributed by atoms with Crippen LogP contribution in [0.4, 0.5) is 0 Å². The summed E-state index contributed by atoms with van der Waals surface area (Å²) < 4.78 is 11.9. The minimum Gasteiger partial charge on any atom is -0.497 e. The van der Waals surface area contributed by atoms with Gasteiger partial charge in [0, 0.05) is 22.4 Å². The molecule has 2 aromatic rings. The van der Waals surface area contributed by atoms with Crippen LogP contribution >= 0.6 is 15.9 Å². The lowest BCUT2D eigenvalue weighted by Crippen LogP contribution is -2.17. The van der Waals surface area contributed by atoms with Gasteiger partial charge in [0.05, 0.1) is 18.2 Å². The molecule has 0 saturated heterocycles. The van der Waals surface area contributed by atoms with Gasteiger partial charge in [-0.1, -0.05) is 12.1 Å².